The molecule has 2 aromatic carbocycles. The number of anilines is 2. The molecule has 0 saturated carbocycles. The largest absolute Gasteiger partial charge is 0.352 e. The minimum absolute atomic E-state index is 0.131. The van der Waals surface area contributed by atoms with Gasteiger partial charge in [0.1, 0.15) is 11.6 Å². The summed E-state index contributed by atoms with van der Waals surface area (Å²) in [5.74, 6) is 0.398. The first kappa shape index (κ1) is 17.2. The Morgan fingerprint density at radius 1 is 1.11 bits per heavy atom. The lowest BCUT2D eigenvalue weighted by molar-refractivity contribution is 0.0954. The Balaban J connectivity index is 1.41. The molecule has 0 fully saturated rings. The number of nitrogens with zero attached hydrogens (tertiary/aromatic N) is 2. The fourth-order valence-corrected chi connectivity index (χ4v) is 3.36. The Morgan fingerprint density at radius 2 is 1.93 bits per heavy atom. The number of amides is 1. The van der Waals surface area contributed by atoms with Gasteiger partial charge >= 0.3 is 0 Å². The number of carbonyl (C=O) groups excluding carboxylic acids is 1. The molecule has 1 amide bonds. The number of rotatable bonds is 5. The van der Waals surface area contributed by atoms with Crippen LogP contribution in [0.1, 0.15) is 21.5 Å². The molecule has 136 valence electrons. The van der Waals surface area contributed by atoms with Crippen LogP contribution in [0.4, 0.5) is 15.9 Å². The van der Waals surface area contributed by atoms with Gasteiger partial charge in [-0.25, -0.2) is 9.37 Å². The van der Waals surface area contributed by atoms with Gasteiger partial charge in [-0.05, 0) is 54.3 Å². The molecule has 1 aromatic heterocycles. The number of benzene rings is 2. The number of pyridine rings is 1. The van der Waals surface area contributed by atoms with Crippen LogP contribution in [0, 0.1) is 5.82 Å². The molecular weight excluding hydrogens is 341 g/mol. The summed E-state index contributed by atoms with van der Waals surface area (Å²) < 4.78 is 12.9. The van der Waals surface area contributed by atoms with Crippen molar-refractivity contribution in [2.75, 3.05) is 18.0 Å². The Hall–Kier alpha value is -3.21. The predicted molar refractivity (Wildman–Crippen MR) is 104 cm³/mol. The average molecular weight is 361 g/mol. The van der Waals surface area contributed by atoms with E-state index in [9.17, 15) is 9.18 Å². The summed E-state index contributed by atoms with van der Waals surface area (Å²) in [5.41, 5.74) is 4.02. The summed E-state index contributed by atoms with van der Waals surface area (Å²) in [6, 6.07) is 18.1. The van der Waals surface area contributed by atoms with Crippen LogP contribution in [0.3, 0.4) is 0 Å². The fraction of sp³-hybridized carbons (Fsp3) is 0.182. The van der Waals surface area contributed by atoms with Crippen LogP contribution in [0.25, 0.3) is 0 Å². The van der Waals surface area contributed by atoms with Crippen molar-refractivity contribution in [3.8, 4) is 0 Å². The van der Waals surface area contributed by atoms with Gasteiger partial charge in [0.05, 0.1) is 0 Å². The van der Waals surface area contributed by atoms with E-state index in [0.717, 1.165) is 30.0 Å². The molecule has 0 saturated heterocycles. The van der Waals surface area contributed by atoms with Crippen LogP contribution in [-0.4, -0.2) is 24.0 Å². The maximum Gasteiger partial charge on any atom is 0.251 e. The number of hydrogen-bond acceptors (Lipinski definition) is 3. The minimum atomic E-state index is -0.254. The lowest BCUT2D eigenvalue weighted by atomic mass is 10.1. The first-order chi connectivity index (χ1) is 13.2. The third kappa shape index (κ3) is 3.82. The lowest BCUT2D eigenvalue weighted by Gasteiger charge is -2.18. The molecule has 1 N–H and O–H groups in total. The molecule has 3 aromatic rings. The van der Waals surface area contributed by atoms with Crippen molar-refractivity contribution in [3.05, 3.63) is 89.4 Å². The van der Waals surface area contributed by atoms with E-state index in [4.69, 9.17) is 0 Å². The zero-order valence-electron chi connectivity index (χ0n) is 14.9. The highest BCUT2D eigenvalue weighted by molar-refractivity contribution is 5.95. The van der Waals surface area contributed by atoms with E-state index in [1.54, 1.807) is 24.4 Å². The van der Waals surface area contributed by atoms with Gasteiger partial charge in [-0.15, -0.1) is 0 Å². The quantitative estimate of drug-likeness (QED) is 0.750. The lowest BCUT2D eigenvalue weighted by Crippen LogP contribution is -2.26. The highest BCUT2D eigenvalue weighted by atomic mass is 19.1. The van der Waals surface area contributed by atoms with Crippen LogP contribution < -0.4 is 10.2 Å². The second-order valence-electron chi connectivity index (χ2n) is 6.57. The highest BCUT2D eigenvalue weighted by Crippen LogP contribution is 2.33. The van der Waals surface area contributed by atoms with Crippen molar-refractivity contribution in [1.82, 2.24) is 10.3 Å². The van der Waals surface area contributed by atoms with Crippen LogP contribution in [-0.2, 0) is 12.8 Å². The van der Waals surface area contributed by atoms with Gasteiger partial charge in [0.2, 0.25) is 0 Å². The van der Waals surface area contributed by atoms with E-state index in [2.05, 4.69) is 27.3 Å². The van der Waals surface area contributed by atoms with Gasteiger partial charge in [-0.2, -0.15) is 0 Å². The van der Waals surface area contributed by atoms with Gasteiger partial charge in [-0.1, -0.05) is 30.3 Å². The molecule has 1 aliphatic heterocycles. The molecular formula is C22H20FN3O. The number of para-hydroxylation sites is 1. The van der Waals surface area contributed by atoms with Crippen molar-refractivity contribution < 1.29 is 9.18 Å². The number of hydrogen-bond donors (Lipinski definition) is 1. The molecule has 2 heterocycles. The molecule has 0 atom stereocenters. The van der Waals surface area contributed by atoms with E-state index in [-0.39, 0.29) is 11.7 Å². The third-order valence-electron chi connectivity index (χ3n) is 4.78. The van der Waals surface area contributed by atoms with Crippen molar-refractivity contribution in [2.24, 2.45) is 0 Å². The molecule has 0 spiro atoms. The number of carbonyl (C=O) groups is 1. The average Bonchev–Trinajstić information content (AvgIpc) is 3.14. The maximum atomic E-state index is 12.9. The first-order valence-corrected chi connectivity index (χ1v) is 9.05. The Bertz CT molecular complexity index is 956. The zero-order valence-corrected chi connectivity index (χ0v) is 14.9. The Labute approximate surface area is 157 Å². The fourth-order valence-electron chi connectivity index (χ4n) is 3.36. The summed E-state index contributed by atoms with van der Waals surface area (Å²) in [6.45, 7) is 1.36. The summed E-state index contributed by atoms with van der Waals surface area (Å²) >= 11 is 0. The molecule has 0 aliphatic carbocycles. The van der Waals surface area contributed by atoms with Crippen molar-refractivity contribution in [2.45, 2.75) is 12.8 Å². The van der Waals surface area contributed by atoms with Crippen LogP contribution in [0.15, 0.2) is 66.9 Å². The van der Waals surface area contributed by atoms with Crippen molar-refractivity contribution in [3.63, 3.8) is 0 Å². The van der Waals surface area contributed by atoms with E-state index < -0.39 is 0 Å². The number of fused-ring (bicyclic) bond motifs is 1. The predicted octanol–water partition coefficient (Wildman–Crippen LogP) is 3.89. The van der Waals surface area contributed by atoms with Gasteiger partial charge in [0.25, 0.3) is 5.91 Å². The van der Waals surface area contributed by atoms with Crippen molar-refractivity contribution >= 4 is 17.4 Å². The number of nitrogens with one attached hydrogen (secondary N) is 1. The summed E-state index contributed by atoms with van der Waals surface area (Å²) in [5, 5.41) is 2.92. The summed E-state index contributed by atoms with van der Waals surface area (Å²) in [4.78, 5) is 19.1. The Kier molecular flexibility index (Phi) is 4.83. The standard InChI is InChI=1S/C22H20FN3O/c23-19-7-5-16(6-8-19)9-12-25-22(27)18-10-13-24-21(15-18)26-14-11-17-3-1-2-4-20(17)26/h1-8,10,13,15H,9,11-12,14H2,(H,25,27). The van der Waals surface area contributed by atoms with E-state index in [0.29, 0.717) is 18.5 Å². The number of halogens is 1. The minimum Gasteiger partial charge on any atom is -0.352 e. The monoisotopic (exact) mass is 361 g/mol. The summed E-state index contributed by atoms with van der Waals surface area (Å²) in [6.07, 6.45) is 3.31. The molecule has 27 heavy (non-hydrogen) atoms. The van der Waals surface area contributed by atoms with Crippen LogP contribution in [0.5, 0.6) is 0 Å². The van der Waals surface area contributed by atoms with Crippen molar-refractivity contribution in [1.29, 1.82) is 0 Å². The van der Waals surface area contributed by atoms with Gasteiger partial charge in [0, 0.05) is 30.5 Å². The second kappa shape index (κ2) is 7.58. The summed E-state index contributed by atoms with van der Waals surface area (Å²) in [7, 11) is 0. The topological polar surface area (TPSA) is 45.2 Å². The molecule has 0 unspecified atom stereocenters. The molecule has 0 bridgehead atoms. The van der Waals surface area contributed by atoms with Gasteiger partial charge < -0.3 is 10.2 Å². The van der Waals surface area contributed by atoms with Gasteiger partial charge in [0.15, 0.2) is 0 Å². The van der Waals surface area contributed by atoms with E-state index in [1.165, 1.54) is 17.7 Å². The van der Waals surface area contributed by atoms with Crippen LogP contribution >= 0.6 is 0 Å². The molecule has 5 heteroatoms. The van der Waals surface area contributed by atoms with Crippen LogP contribution in [0.2, 0.25) is 0 Å². The van der Waals surface area contributed by atoms with Gasteiger partial charge in [-0.3, -0.25) is 4.79 Å². The third-order valence-corrected chi connectivity index (χ3v) is 4.78. The molecule has 4 rings (SSSR count). The van der Waals surface area contributed by atoms with E-state index >= 15 is 0 Å². The molecule has 4 nitrogen and oxygen atoms in total. The molecule has 1 aliphatic rings. The highest BCUT2D eigenvalue weighted by Gasteiger charge is 2.21. The molecule has 0 radical (unpaired) electrons. The second-order valence-corrected chi connectivity index (χ2v) is 6.57. The normalized spacial score (nSPS) is 12.7. The SMILES string of the molecule is O=C(NCCc1ccc(F)cc1)c1ccnc(N2CCc3ccccc32)c1. The maximum absolute atomic E-state index is 12.9. The van der Waals surface area contributed by atoms with E-state index in [1.807, 2.05) is 18.2 Å². The zero-order chi connectivity index (χ0) is 18.6. The smallest absolute Gasteiger partial charge is 0.251 e. The Morgan fingerprint density at radius 3 is 2.78 bits per heavy atom. The number of aromatic nitrogens is 1. The first-order valence-electron chi connectivity index (χ1n) is 9.05.